The highest BCUT2D eigenvalue weighted by Gasteiger charge is 2.20. The largest absolute Gasteiger partial charge is 0.423 e. The Morgan fingerprint density at radius 3 is 2.29 bits per heavy atom. The van der Waals surface area contributed by atoms with Gasteiger partial charge in [0.05, 0.1) is 5.56 Å². The summed E-state index contributed by atoms with van der Waals surface area (Å²) in [4.78, 5) is 12.1. The summed E-state index contributed by atoms with van der Waals surface area (Å²) in [5.74, 6) is -2.41. The van der Waals surface area contributed by atoms with Crippen LogP contribution in [0.5, 0.6) is 5.75 Å². The molecule has 0 aromatic heterocycles. The number of esters is 1. The van der Waals surface area contributed by atoms with Crippen LogP contribution in [0.1, 0.15) is 61.4 Å². The fourth-order valence-corrected chi connectivity index (χ4v) is 3.88. The lowest BCUT2D eigenvalue weighted by Gasteiger charge is -2.27. The minimum Gasteiger partial charge on any atom is -0.423 e. The molecule has 0 saturated heterocycles. The first-order valence-electron chi connectivity index (χ1n) is 9.92. The number of carbonyl (C=O) groups excluding carboxylic acids is 1. The van der Waals surface area contributed by atoms with E-state index in [1.165, 1.54) is 44.2 Å². The molecule has 5 heteroatoms. The Kier molecular flexibility index (Phi) is 6.76. The zero-order valence-corrected chi connectivity index (χ0v) is 16.0. The van der Waals surface area contributed by atoms with E-state index in [4.69, 9.17) is 4.74 Å². The van der Waals surface area contributed by atoms with Gasteiger partial charge in [-0.25, -0.2) is 18.0 Å². The van der Waals surface area contributed by atoms with Gasteiger partial charge in [-0.3, -0.25) is 0 Å². The molecule has 0 bridgehead atoms. The molecule has 0 unspecified atom stereocenters. The molecule has 1 fully saturated rings. The standard InChI is InChI=1S/C23H25F3O2/c1-2-15-3-5-16(6-4-15)7-8-17-9-11-19(21(25)13-17)23(27)28-18-10-12-20(24)22(26)14-18/h9-16H,2-8H2,1H3/t15-,16-. The van der Waals surface area contributed by atoms with Crippen molar-refractivity contribution in [2.75, 3.05) is 0 Å². The van der Waals surface area contributed by atoms with Gasteiger partial charge in [0.25, 0.3) is 0 Å². The van der Waals surface area contributed by atoms with Crippen LogP contribution in [0.4, 0.5) is 13.2 Å². The number of hydrogen-bond acceptors (Lipinski definition) is 2. The highest BCUT2D eigenvalue weighted by atomic mass is 19.2. The highest BCUT2D eigenvalue weighted by Crippen LogP contribution is 2.33. The third-order valence-corrected chi connectivity index (χ3v) is 5.74. The van der Waals surface area contributed by atoms with E-state index >= 15 is 0 Å². The second-order valence-corrected chi connectivity index (χ2v) is 7.61. The minimum atomic E-state index is -1.13. The van der Waals surface area contributed by atoms with E-state index in [0.717, 1.165) is 42.5 Å². The van der Waals surface area contributed by atoms with Crippen LogP contribution in [0.25, 0.3) is 0 Å². The first-order valence-corrected chi connectivity index (χ1v) is 9.92. The fraction of sp³-hybridized carbons (Fsp3) is 0.435. The minimum absolute atomic E-state index is 0.171. The number of hydrogen-bond donors (Lipinski definition) is 0. The molecule has 2 aromatic rings. The maximum atomic E-state index is 14.4. The number of halogens is 3. The second-order valence-electron chi connectivity index (χ2n) is 7.61. The number of aryl methyl sites for hydroxylation is 1. The van der Waals surface area contributed by atoms with Gasteiger partial charge in [0.15, 0.2) is 11.6 Å². The van der Waals surface area contributed by atoms with Crippen LogP contribution in [-0.4, -0.2) is 5.97 Å². The molecular formula is C23H25F3O2. The summed E-state index contributed by atoms with van der Waals surface area (Å²) in [5, 5.41) is 0. The van der Waals surface area contributed by atoms with Gasteiger partial charge in [0, 0.05) is 6.07 Å². The quantitative estimate of drug-likeness (QED) is 0.417. The maximum Gasteiger partial charge on any atom is 0.346 e. The maximum absolute atomic E-state index is 14.4. The van der Waals surface area contributed by atoms with Crippen LogP contribution in [-0.2, 0) is 6.42 Å². The summed E-state index contributed by atoms with van der Waals surface area (Å²) >= 11 is 0. The lowest BCUT2D eigenvalue weighted by molar-refractivity contribution is 0.0729. The predicted octanol–water partition coefficient (Wildman–Crippen LogP) is 6.47. The molecule has 2 aromatic carbocycles. The van der Waals surface area contributed by atoms with E-state index in [1.807, 2.05) is 0 Å². The molecule has 0 N–H and O–H groups in total. The summed E-state index contributed by atoms with van der Waals surface area (Å²) in [6.07, 6.45) is 8.08. The van der Waals surface area contributed by atoms with Gasteiger partial charge in [-0.15, -0.1) is 0 Å². The topological polar surface area (TPSA) is 26.3 Å². The predicted molar refractivity (Wildman–Crippen MR) is 102 cm³/mol. The van der Waals surface area contributed by atoms with E-state index in [-0.39, 0.29) is 11.3 Å². The van der Waals surface area contributed by atoms with E-state index in [9.17, 15) is 18.0 Å². The number of benzene rings is 2. The van der Waals surface area contributed by atoms with E-state index in [0.29, 0.717) is 5.92 Å². The van der Waals surface area contributed by atoms with Crippen molar-refractivity contribution in [3.05, 3.63) is 65.0 Å². The Morgan fingerprint density at radius 1 is 0.929 bits per heavy atom. The average Bonchev–Trinajstić information content (AvgIpc) is 2.69. The Balaban J connectivity index is 1.57. The van der Waals surface area contributed by atoms with Gasteiger partial charge in [-0.1, -0.05) is 45.1 Å². The smallest absolute Gasteiger partial charge is 0.346 e. The van der Waals surface area contributed by atoms with E-state index < -0.39 is 23.4 Å². The Labute approximate surface area is 163 Å². The van der Waals surface area contributed by atoms with Crippen molar-refractivity contribution >= 4 is 5.97 Å². The number of ether oxygens (including phenoxy) is 1. The molecule has 0 aliphatic heterocycles. The average molecular weight is 390 g/mol. The number of rotatable bonds is 6. The van der Waals surface area contributed by atoms with Crippen LogP contribution in [0, 0.1) is 29.3 Å². The van der Waals surface area contributed by atoms with Gasteiger partial charge >= 0.3 is 5.97 Å². The summed E-state index contributed by atoms with van der Waals surface area (Å²) in [6, 6.07) is 7.21. The Morgan fingerprint density at radius 2 is 1.64 bits per heavy atom. The van der Waals surface area contributed by atoms with Crippen molar-refractivity contribution < 1.29 is 22.7 Å². The van der Waals surface area contributed by atoms with Gasteiger partial charge in [-0.2, -0.15) is 0 Å². The number of carbonyl (C=O) groups is 1. The summed E-state index contributed by atoms with van der Waals surface area (Å²) in [5.41, 5.74) is 0.622. The summed E-state index contributed by atoms with van der Waals surface area (Å²) < 4.78 is 45.5. The zero-order valence-electron chi connectivity index (χ0n) is 16.0. The SMILES string of the molecule is CC[C@H]1CC[C@H](CCc2ccc(C(=O)Oc3ccc(F)c(F)c3)c(F)c2)CC1. The molecule has 0 heterocycles. The molecular weight excluding hydrogens is 365 g/mol. The molecule has 1 saturated carbocycles. The molecule has 1 aliphatic rings. The van der Waals surface area contributed by atoms with Crippen molar-refractivity contribution in [2.45, 2.75) is 51.9 Å². The van der Waals surface area contributed by atoms with E-state index in [2.05, 4.69) is 6.92 Å². The van der Waals surface area contributed by atoms with Crippen LogP contribution < -0.4 is 4.74 Å². The molecule has 0 amide bonds. The van der Waals surface area contributed by atoms with Crippen LogP contribution in [0.2, 0.25) is 0 Å². The van der Waals surface area contributed by atoms with Crippen molar-refractivity contribution in [3.8, 4) is 5.75 Å². The monoisotopic (exact) mass is 390 g/mol. The van der Waals surface area contributed by atoms with Crippen molar-refractivity contribution in [3.63, 3.8) is 0 Å². The Bertz CT molecular complexity index is 827. The first kappa shape index (κ1) is 20.4. The lowest BCUT2D eigenvalue weighted by Crippen LogP contribution is -2.15. The third kappa shape index (κ3) is 5.15. The lowest BCUT2D eigenvalue weighted by atomic mass is 9.78. The fourth-order valence-electron chi connectivity index (χ4n) is 3.88. The van der Waals surface area contributed by atoms with Gasteiger partial charge in [0.2, 0.25) is 0 Å². The second kappa shape index (κ2) is 9.26. The van der Waals surface area contributed by atoms with Crippen LogP contribution in [0.3, 0.4) is 0 Å². The molecule has 0 atom stereocenters. The van der Waals surface area contributed by atoms with Gasteiger partial charge in [-0.05, 0) is 54.5 Å². The Hall–Kier alpha value is -2.30. The molecule has 3 rings (SSSR count). The molecule has 0 radical (unpaired) electrons. The first-order chi connectivity index (χ1) is 13.5. The van der Waals surface area contributed by atoms with Crippen LogP contribution in [0.15, 0.2) is 36.4 Å². The molecule has 2 nitrogen and oxygen atoms in total. The van der Waals surface area contributed by atoms with E-state index in [1.54, 1.807) is 6.07 Å². The van der Waals surface area contributed by atoms with Crippen molar-refractivity contribution in [1.29, 1.82) is 0 Å². The van der Waals surface area contributed by atoms with Crippen molar-refractivity contribution in [2.24, 2.45) is 11.8 Å². The molecule has 1 aliphatic carbocycles. The summed E-state index contributed by atoms with van der Waals surface area (Å²) in [6.45, 7) is 2.24. The third-order valence-electron chi connectivity index (χ3n) is 5.74. The molecule has 28 heavy (non-hydrogen) atoms. The molecule has 150 valence electrons. The highest BCUT2D eigenvalue weighted by molar-refractivity contribution is 5.91. The van der Waals surface area contributed by atoms with Gasteiger partial charge < -0.3 is 4.74 Å². The van der Waals surface area contributed by atoms with Crippen molar-refractivity contribution in [1.82, 2.24) is 0 Å². The molecule has 0 spiro atoms. The zero-order chi connectivity index (χ0) is 20.1. The summed E-state index contributed by atoms with van der Waals surface area (Å²) in [7, 11) is 0. The van der Waals surface area contributed by atoms with Crippen LogP contribution >= 0.6 is 0 Å². The van der Waals surface area contributed by atoms with Gasteiger partial charge in [0.1, 0.15) is 11.6 Å². The normalized spacial score (nSPS) is 19.4.